The van der Waals surface area contributed by atoms with Gasteiger partial charge in [-0.05, 0) is 43.5 Å². The maximum atomic E-state index is 12.2. The third-order valence-electron chi connectivity index (χ3n) is 4.01. The predicted octanol–water partition coefficient (Wildman–Crippen LogP) is 3.56. The minimum Gasteiger partial charge on any atom is -0.493 e. The molecule has 1 atom stereocenters. The summed E-state index contributed by atoms with van der Waals surface area (Å²) in [4.78, 5) is 12.2. The Bertz CT molecular complexity index is 848. The highest BCUT2D eigenvalue weighted by atomic mass is 32.2. The van der Waals surface area contributed by atoms with Crippen molar-refractivity contribution in [1.29, 1.82) is 0 Å². The molecule has 1 unspecified atom stereocenters. The number of nitrogens with zero attached hydrogens (tertiary/aromatic N) is 2. The summed E-state index contributed by atoms with van der Waals surface area (Å²) in [5, 5.41) is 11.4. The first-order chi connectivity index (χ1) is 12.7. The van der Waals surface area contributed by atoms with Crippen LogP contribution < -0.4 is 10.1 Å². The molecule has 1 aliphatic rings. The fourth-order valence-corrected chi connectivity index (χ4v) is 3.60. The largest absolute Gasteiger partial charge is 0.493 e. The van der Waals surface area contributed by atoms with Crippen molar-refractivity contribution in [1.82, 2.24) is 5.32 Å². The second kappa shape index (κ2) is 8.67. The van der Waals surface area contributed by atoms with Crippen LogP contribution in [0.15, 0.2) is 58.7 Å². The Kier molecular flexibility index (Phi) is 6.07. The van der Waals surface area contributed by atoms with Crippen LogP contribution >= 0.6 is 11.8 Å². The van der Waals surface area contributed by atoms with Gasteiger partial charge in [0.2, 0.25) is 5.91 Å². The van der Waals surface area contributed by atoms with Gasteiger partial charge in [0.1, 0.15) is 5.75 Å². The molecule has 0 bridgehead atoms. The van der Waals surface area contributed by atoms with Gasteiger partial charge in [0.05, 0.1) is 18.1 Å². The number of carbonyl (C=O) groups excluding carboxylic acids is 1. The minimum atomic E-state index is -0.180. The van der Waals surface area contributed by atoms with Gasteiger partial charge in [-0.3, -0.25) is 4.79 Å². The third kappa shape index (κ3) is 4.52. The Labute approximate surface area is 157 Å². The monoisotopic (exact) mass is 367 g/mol. The Morgan fingerprint density at radius 2 is 1.96 bits per heavy atom. The van der Waals surface area contributed by atoms with E-state index in [0.717, 1.165) is 11.3 Å². The summed E-state index contributed by atoms with van der Waals surface area (Å²) in [6, 6.07) is 15.7. The summed E-state index contributed by atoms with van der Waals surface area (Å²) in [6.07, 6.45) is 2.32. The van der Waals surface area contributed by atoms with Gasteiger partial charge >= 0.3 is 0 Å². The molecule has 1 amide bonds. The molecule has 0 spiro atoms. The van der Waals surface area contributed by atoms with Gasteiger partial charge in [-0.2, -0.15) is 5.10 Å². The van der Waals surface area contributed by atoms with Crippen LogP contribution in [0.2, 0.25) is 0 Å². The number of hydrogen-bond acceptors (Lipinski definition) is 5. The molecule has 1 fully saturated rings. The highest BCUT2D eigenvalue weighted by molar-refractivity contribution is 8.15. The molecule has 0 radical (unpaired) electrons. The van der Waals surface area contributed by atoms with Crippen LogP contribution in [0.1, 0.15) is 23.6 Å². The average molecular weight is 367 g/mol. The Morgan fingerprint density at radius 3 is 2.77 bits per heavy atom. The van der Waals surface area contributed by atoms with Crippen molar-refractivity contribution in [3.8, 4) is 5.75 Å². The zero-order valence-corrected chi connectivity index (χ0v) is 15.6. The maximum Gasteiger partial charge on any atom is 0.239 e. The molecule has 6 heteroatoms. The number of thioether (sulfide) groups is 1. The van der Waals surface area contributed by atoms with Crippen molar-refractivity contribution in [3.05, 3.63) is 65.2 Å². The lowest BCUT2D eigenvalue weighted by molar-refractivity contribution is -0.118. The zero-order chi connectivity index (χ0) is 18.4. The van der Waals surface area contributed by atoms with Crippen molar-refractivity contribution in [2.45, 2.75) is 25.5 Å². The molecule has 1 aliphatic heterocycles. The maximum absolute atomic E-state index is 12.2. The number of aryl methyl sites for hydroxylation is 1. The van der Waals surface area contributed by atoms with E-state index < -0.39 is 0 Å². The van der Waals surface area contributed by atoms with E-state index in [-0.39, 0.29) is 11.2 Å². The molecule has 134 valence electrons. The van der Waals surface area contributed by atoms with E-state index in [4.69, 9.17) is 4.74 Å². The SMILES string of the molecule is CCOc1ccccc1/C=N/N=C1\NC(=O)C(Cc2ccccc2C)S1. The number of carbonyl (C=O) groups is 1. The molecule has 3 rings (SSSR count). The van der Waals surface area contributed by atoms with Gasteiger partial charge in [0, 0.05) is 5.56 Å². The molecule has 5 nitrogen and oxygen atoms in total. The molecule has 1 N–H and O–H groups in total. The van der Waals surface area contributed by atoms with E-state index in [1.165, 1.54) is 22.9 Å². The van der Waals surface area contributed by atoms with E-state index in [0.29, 0.717) is 18.2 Å². The van der Waals surface area contributed by atoms with Crippen molar-refractivity contribution in [3.63, 3.8) is 0 Å². The topological polar surface area (TPSA) is 63.1 Å². The van der Waals surface area contributed by atoms with Crippen LogP contribution in [0, 0.1) is 6.92 Å². The highest BCUT2D eigenvalue weighted by Crippen LogP contribution is 2.24. The number of amides is 1. The van der Waals surface area contributed by atoms with Crippen LogP contribution in [0.5, 0.6) is 5.75 Å². The molecule has 0 aliphatic carbocycles. The lowest BCUT2D eigenvalue weighted by atomic mass is 10.0. The zero-order valence-electron chi connectivity index (χ0n) is 14.8. The standard InChI is InChI=1S/C20H21N3O2S/c1-3-25-17-11-7-6-10-16(17)13-21-23-20-22-19(24)18(26-20)12-15-9-5-4-8-14(15)2/h4-11,13,18H,3,12H2,1-2H3,(H,22,23,24)/b21-13+. The van der Waals surface area contributed by atoms with E-state index in [1.807, 2.05) is 43.3 Å². The summed E-state index contributed by atoms with van der Waals surface area (Å²) in [5.74, 6) is 0.737. The summed E-state index contributed by atoms with van der Waals surface area (Å²) in [6.45, 7) is 4.58. The number of ether oxygens (including phenoxy) is 1. The van der Waals surface area contributed by atoms with E-state index in [1.54, 1.807) is 6.21 Å². The van der Waals surface area contributed by atoms with E-state index >= 15 is 0 Å². The van der Waals surface area contributed by atoms with Gasteiger partial charge < -0.3 is 10.1 Å². The molecule has 1 saturated heterocycles. The minimum absolute atomic E-state index is 0.0260. The van der Waals surface area contributed by atoms with E-state index in [2.05, 4.69) is 34.6 Å². The first-order valence-electron chi connectivity index (χ1n) is 8.52. The summed E-state index contributed by atoms with van der Waals surface area (Å²) in [7, 11) is 0. The second-order valence-electron chi connectivity index (χ2n) is 5.85. The van der Waals surface area contributed by atoms with Crippen LogP contribution in [-0.4, -0.2) is 29.1 Å². The van der Waals surface area contributed by atoms with Gasteiger partial charge in [-0.25, -0.2) is 0 Å². The first-order valence-corrected chi connectivity index (χ1v) is 9.40. The normalized spacial score (nSPS) is 18.5. The molecular weight excluding hydrogens is 346 g/mol. The lowest BCUT2D eigenvalue weighted by Crippen LogP contribution is -2.26. The molecular formula is C20H21N3O2S. The molecule has 26 heavy (non-hydrogen) atoms. The van der Waals surface area contributed by atoms with Crippen LogP contribution in [0.4, 0.5) is 0 Å². The average Bonchev–Trinajstić information content (AvgIpc) is 2.98. The molecule has 2 aromatic carbocycles. The quantitative estimate of drug-likeness (QED) is 0.627. The van der Waals surface area contributed by atoms with E-state index in [9.17, 15) is 4.79 Å². The number of amidine groups is 1. The first kappa shape index (κ1) is 18.2. The number of hydrogen-bond donors (Lipinski definition) is 1. The Morgan fingerprint density at radius 1 is 1.19 bits per heavy atom. The van der Waals surface area contributed by atoms with Crippen LogP contribution in [-0.2, 0) is 11.2 Å². The Hall–Kier alpha value is -2.60. The Balaban J connectivity index is 1.66. The fraction of sp³-hybridized carbons (Fsp3) is 0.250. The van der Waals surface area contributed by atoms with Crippen molar-refractivity contribution in [2.75, 3.05) is 6.61 Å². The van der Waals surface area contributed by atoms with Crippen LogP contribution in [0.3, 0.4) is 0 Å². The highest BCUT2D eigenvalue weighted by Gasteiger charge is 2.30. The summed E-state index contributed by atoms with van der Waals surface area (Å²) >= 11 is 1.42. The van der Waals surface area contributed by atoms with Crippen molar-refractivity contribution >= 4 is 29.1 Å². The van der Waals surface area contributed by atoms with Gasteiger partial charge in [0.25, 0.3) is 0 Å². The van der Waals surface area contributed by atoms with Crippen molar-refractivity contribution < 1.29 is 9.53 Å². The molecule has 1 heterocycles. The number of nitrogens with one attached hydrogen (secondary N) is 1. The summed E-state index contributed by atoms with van der Waals surface area (Å²) in [5.41, 5.74) is 3.22. The van der Waals surface area contributed by atoms with Gasteiger partial charge in [-0.15, -0.1) is 5.10 Å². The smallest absolute Gasteiger partial charge is 0.239 e. The van der Waals surface area contributed by atoms with Gasteiger partial charge in [0.15, 0.2) is 5.17 Å². The fourth-order valence-electron chi connectivity index (χ4n) is 2.64. The predicted molar refractivity (Wildman–Crippen MR) is 107 cm³/mol. The molecule has 2 aromatic rings. The van der Waals surface area contributed by atoms with Crippen molar-refractivity contribution in [2.24, 2.45) is 10.2 Å². The lowest BCUT2D eigenvalue weighted by Gasteiger charge is -2.07. The number of para-hydroxylation sites is 1. The second-order valence-corrected chi connectivity index (χ2v) is 7.04. The third-order valence-corrected chi connectivity index (χ3v) is 5.08. The summed E-state index contributed by atoms with van der Waals surface area (Å²) < 4.78 is 5.56. The van der Waals surface area contributed by atoms with Gasteiger partial charge in [-0.1, -0.05) is 48.2 Å². The number of rotatable bonds is 6. The number of benzene rings is 2. The van der Waals surface area contributed by atoms with Crippen LogP contribution in [0.25, 0.3) is 0 Å². The molecule has 0 saturated carbocycles. The molecule has 0 aromatic heterocycles.